The van der Waals surface area contributed by atoms with Gasteiger partial charge in [0.1, 0.15) is 11.5 Å². The van der Waals surface area contributed by atoms with Crippen molar-refractivity contribution in [3.05, 3.63) is 89.5 Å². The van der Waals surface area contributed by atoms with E-state index >= 15 is 0 Å². The number of rotatable bonds is 8. The van der Waals surface area contributed by atoms with E-state index in [4.69, 9.17) is 9.47 Å². The van der Waals surface area contributed by atoms with Crippen LogP contribution in [0.15, 0.2) is 72.8 Å². The summed E-state index contributed by atoms with van der Waals surface area (Å²) in [6.07, 6.45) is 0. The number of hydrogen-bond acceptors (Lipinski definition) is 5. The van der Waals surface area contributed by atoms with Gasteiger partial charge in [-0.25, -0.2) is 0 Å². The van der Waals surface area contributed by atoms with Gasteiger partial charge in [-0.05, 0) is 55.0 Å². The van der Waals surface area contributed by atoms with Crippen LogP contribution in [0.3, 0.4) is 0 Å². The molecule has 7 heteroatoms. The van der Waals surface area contributed by atoms with Gasteiger partial charge in [-0.3, -0.25) is 14.4 Å². The first-order chi connectivity index (χ1) is 15.4. The van der Waals surface area contributed by atoms with Gasteiger partial charge in [0.15, 0.2) is 6.61 Å². The average Bonchev–Trinajstić information content (AvgIpc) is 2.77. The molecule has 0 aromatic heterocycles. The maximum Gasteiger partial charge on any atom is 0.308 e. The lowest BCUT2D eigenvalue weighted by Gasteiger charge is -2.10. The zero-order valence-electron chi connectivity index (χ0n) is 17.9. The van der Waals surface area contributed by atoms with Crippen molar-refractivity contribution in [1.29, 1.82) is 0 Å². The summed E-state index contributed by atoms with van der Waals surface area (Å²) in [5.41, 5.74) is 2.90. The molecule has 0 unspecified atom stereocenters. The Balaban J connectivity index is 1.52. The maximum absolute atomic E-state index is 12.4. The average molecular weight is 432 g/mol. The fourth-order valence-electron chi connectivity index (χ4n) is 2.89. The van der Waals surface area contributed by atoms with Crippen LogP contribution in [0.5, 0.6) is 11.5 Å². The molecule has 3 aromatic carbocycles. The van der Waals surface area contributed by atoms with Gasteiger partial charge >= 0.3 is 5.97 Å². The minimum absolute atomic E-state index is 0.108. The molecule has 0 radical (unpaired) electrons. The lowest BCUT2D eigenvalue weighted by molar-refractivity contribution is -0.131. The van der Waals surface area contributed by atoms with Crippen molar-refractivity contribution in [3.63, 3.8) is 0 Å². The highest BCUT2D eigenvalue weighted by atomic mass is 16.5. The Morgan fingerprint density at radius 3 is 2.38 bits per heavy atom. The molecule has 0 fully saturated rings. The number of nitrogens with one attached hydrogen (secondary N) is 2. The molecular weight excluding hydrogens is 408 g/mol. The number of aryl methyl sites for hydroxylation is 1. The number of amides is 2. The van der Waals surface area contributed by atoms with Crippen LogP contribution in [0.1, 0.15) is 28.4 Å². The van der Waals surface area contributed by atoms with Crippen LogP contribution in [0.25, 0.3) is 0 Å². The molecule has 7 nitrogen and oxygen atoms in total. The van der Waals surface area contributed by atoms with Crippen LogP contribution < -0.4 is 20.1 Å². The van der Waals surface area contributed by atoms with Crippen molar-refractivity contribution in [2.75, 3.05) is 11.9 Å². The minimum atomic E-state index is -0.453. The van der Waals surface area contributed by atoms with E-state index in [0.29, 0.717) is 22.7 Å². The molecule has 2 N–H and O–H groups in total. The summed E-state index contributed by atoms with van der Waals surface area (Å²) in [6.45, 7) is 3.43. The molecule has 0 spiro atoms. The van der Waals surface area contributed by atoms with E-state index in [0.717, 1.165) is 11.1 Å². The van der Waals surface area contributed by atoms with Crippen molar-refractivity contribution >= 4 is 23.5 Å². The topological polar surface area (TPSA) is 93.7 Å². The Morgan fingerprint density at radius 2 is 1.62 bits per heavy atom. The molecule has 0 saturated heterocycles. The van der Waals surface area contributed by atoms with Crippen molar-refractivity contribution in [1.82, 2.24) is 5.32 Å². The number of carbonyl (C=O) groups excluding carboxylic acids is 3. The first kappa shape index (κ1) is 22.6. The molecule has 32 heavy (non-hydrogen) atoms. The number of hydrogen-bond donors (Lipinski definition) is 2. The third kappa shape index (κ3) is 6.98. The SMILES string of the molecule is CC(=O)Oc1cccc(C(=O)NCc2cccc(NC(=O)COc3ccc(C)cc3)c2)c1. The summed E-state index contributed by atoms with van der Waals surface area (Å²) in [6, 6.07) is 21.0. The van der Waals surface area contributed by atoms with Gasteiger partial charge in [0.25, 0.3) is 11.8 Å². The maximum atomic E-state index is 12.4. The Morgan fingerprint density at radius 1 is 0.875 bits per heavy atom. The third-order valence-electron chi connectivity index (χ3n) is 4.41. The summed E-state index contributed by atoms with van der Waals surface area (Å²) in [7, 11) is 0. The second kappa shape index (κ2) is 10.8. The third-order valence-corrected chi connectivity index (χ3v) is 4.41. The molecule has 3 aromatic rings. The predicted octanol–water partition coefficient (Wildman–Crippen LogP) is 3.87. The van der Waals surface area contributed by atoms with Crippen LogP contribution in [0.4, 0.5) is 5.69 Å². The molecular formula is C25H24N2O5. The Labute approximate surface area is 186 Å². The van der Waals surface area contributed by atoms with Crippen LogP contribution >= 0.6 is 0 Å². The van der Waals surface area contributed by atoms with Gasteiger partial charge in [-0.15, -0.1) is 0 Å². The van der Waals surface area contributed by atoms with E-state index in [1.807, 2.05) is 37.3 Å². The molecule has 0 aliphatic rings. The largest absolute Gasteiger partial charge is 0.484 e. The van der Waals surface area contributed by atoms with E-state index in [2.05, 4.69) is 10.6 Å². The van der Waals surface area contributed by atoms with Gasteiger partial charge in [-0.2, -0.15) is 0 Å². The molecule has 0 saturated carbocycles. The smallest absolute Gasteiger partial charge is 0.308 e. The molecule has 0 bridgehead atoms. The van der Waals surface area contributed by atoms with Crippen LogP contribution in [-0.2, 0) is 16.1 Å². The molecule has 0 heterocycles. The quantitative estimate of drug-likeness (QED) is 0.416. The summed E-state index contributed by atoms with van der Waals surface area (Å²) in [5.74, 6) is -0.109. The van der Waals surface area contributed by atoms with E-state index in [9.17, 15) is 14.4 Å². The van der Waals surface area contributed by atoms with Crippen molar-refractivity contribution < 1.29 is 23.9 Å². The van der Waals surface area contributed by atoms with Gasteiger partial charge < -0.3 is 20.1 Å². The monoisotopic (exact) mass is 432 g/mol. The zero-order chi connectivity index (χ0) is 22.9. The number of carbonyl (C=O) groups is 3. The molecule has 0 atom stereocenters. The normalized spacial score (nSPS) is 10.2. The van der Waals surface area contributed by atoms with Crippen molar-refractivity contribution in [3.8, 4) is 11.5 Å². The van der Waals surface area contributed by atoms with Gasteiger partial charge in [-0.1, -0.05) is 35.9 Å². The fourth-order valence-corrected chi connectivity index (χ4v) is 2.89. The van der Waals surface area contributed by atoms with Crippen molar-refractivity contribution in [2.24, 2.45) is 0 Å². The van der Waals surface area contributed by atoms with Crippen molar-refractivity contribution in [2.45, 2.75) is 20.4 Å². The Hall–Kier alpha value is -4.13. The second-order valence-electron chi connectivity index (χ2n) is 7.15. The fraction of sp³-hybridized carbons (Fsp3) is 0.160. The first-order valence-corrected chi connectivity index (χ1v) is 10.0. The van der Waals surface area contributed by atoms with E-state index < -0.39 is 5.97 Å². The number of ether oxygens (including phenoxy) is 2. The van der Waals surface area contributed by atoms with Gasteiger partial charge in [0, 0.05) is 24.7 Å². The number of esters is 1. The van der Waals surface area contributed by atoms with Gasteiger partial charge in [0.05, 0.1) is 0 Å². The summed E-state index contributed by atoms with van der Waals surface area (Å²) < 4.78 is 10.5. The summed E-state index contributed by atoms with van der Waals surface area (Å²) >= 11 is 0. The molecule has 0 aliphatic heterocycles. The lowest BCUT2D eigenvalue weighted by atomic mass is 10.1. The first-order valence-electron chi connectivity index (χ1n) is 10.0. The molecule has 0 aliphatic carbocycles. The van der Waals surface area contributed by atoms with E-state index in [1.165, 1.54) is 13.0 Å². The zero-order valence-corrected chi connectivity index (χ0v) is 17.9. The van der Waals surface area contributed by atoms with Crippen LogP contribution in [0, 0.1) is 6.92 Å². The van der Waals surface area contributed by atoms with E-state index in [1.54, 1.807) is 36.4 Å². The second-order valence-corrected chi connectivity index (χ2v) is 7.15. The molecule has 2 amide bonds. The highest BCUT2D eigenvalue weighted by Gasteiger charge is 2.09. The summed E-state index contributed by atoms with van der Waals surface area (Å²) in [4.78, 5) is 35.7. The molecule has 3 rings (SSSR count). The van der Waals surface area contributed by atoms with E-state index in [-0.39, 0.29) is 25.0 Å². The van der Waals surface area contributed by atoms with Gasteiger partial charge in [0.2, 0.25) is 0 Å². The van der Waals surface area contributed by atoms with Crippen LogP contribution in [-0.4, -0.2) is 24.4 Å². The highest BCUT2D eigenvalue weighted by Crippen LogP contribution is 2.15. The standard InChI is InChI=1S/C25H24N2O5/c1-17-9-11-22(12-10-17)31-16-24(29)27-21-7-3-5-19(13-21)15-26-25(30)20-6-4-8-23(14-20)32-18(2)28/h3-14H,15-16H2,1-2H3,(H,26,30)(H,27,29). The number of benzene rings is 3. The molecule has 164 valence electrons. The number of anilines is 1. The summed E-state index contributed by atoms with van der Waals surface area (Å²) in [5, 5.41) is 5.59. The van der Waals surface area contributed by atoms with Crippen LogP contribution in [0.2, 0.25) is 0 Å². The highest BCUT2D eigenvalue weighted by molar-refractivity contribution is 5.95. The Bertz CT molecular complexity index is 1110. The minimum Gasteiger partial charge on any atom is -0.484 e. The Kier molecular flexibility index (Phi) is 7.59. The lowest BCUT2D eigenvalue weighted by Crippen LogP contribution is -2.23. The predicted molar refractivity (Wildman–Crippen MR) is 121 cm³/mol.